The van der Waals surface area contributed by atoms with Crippen molar-refractivity contribution < 1.29 is 24.1 Å². The van der Waals surface area contributed by atoms with Gasteiger partial charge in [0.05, 0.1) is 33.9 Å². The van der Waals surface area contributed by atoms with Gasteiger partial charge in [-0.2, -0.15) is 0 Å². The number of hydrogen-bond donors (Lipinski definition) is 2. The second kappa shape index (κ2) is 9.68. The highest BCUT2D eigenvalue weighted by Crippen LogP contribution is 2.39. The van der Waals surface area contributed by atoms with E-state index in [-0.39, 0.29) is 31.4 Å². The number of fused-ring (bicyclic) bond motifs is 1. The Morgan fingerprint density at radius 3 is 2.58 bits per heavy atom. The molecule has 0 fully saturated rings. The van der Waals surface area contributed by atoms with Crippen LogP contribution in [0.15, 0.2) is 12.1 Å². The number of β-amino-alcohol motifs (C(OH)–C–C–N with tert-alkyl or cyclic N) is 1. The van der Waals surface area contributed by atoms with Crippen LogP contribution in [-0.4, -0.2) is 63.5 Å². The van der Waals surface area contributed by atoms with Gasteiger partial charge >= 0.3 is 0 Å². The van der Waals surface area contributed by atoms with Crippen LogP contribution in [0.5, 0.6) is 11.5 Å². The van der Waals surface area contributed by atoms with E-state index in [1.807, 2.05) is 0 Å². The summed E-state index contributed by atoms with van der Waals surface area (Å²) in [6.45, 7) is 1.98. The monoisotopic (exact) mass is 360 g/mol. The number of methoxy groups -OCH3 is 3. The van der Waals surface area contributed by atoms with Gasteiger partial charge < -0.3 is 29.5 Å². The molecule has 0 radical (unpaired) electrons. The van der Waals surface area contributed by atoms with Gasteiger partial charge in [-0.05, 0) is 12.1 Å². The number of aliphatic hydroxyl groups is 1. The Bertz CT molecular complexity index is 556. The number of benzene rings is 1. The zero-order valence-corrected chi connectivity index (χ0v) is 15.0. The van der Waals surface area contributed by atoms with E-state index in [1.54, 1.807) is 38.4 Å². The molecule has 0 aromatic heterocycles. The van der Waals surface area contributed by atoms with E-state index in [9.17, 15) is 9.90 Å². The molecule has 1 aliphatic heterocycles. The molecule has 1 amide bonds. The van der Waals surface area contributed by atoms with Crippen molar-refractivity contribution in [2.75, 3.05) is 47.6 Å². The summed E-state index contributed by atoms with van der Waals surface area (Å²) in [7, 11) is 4.74. The van der Waals surface area contributed by atoms with Crippen LogP contribution in [0.1, 0.15) is 17.2 Å². The molecule has 0 saturated heterocycles. The van der Waals surface area contributed by atoms with Gasteiger partial charge in [0.25, 0.3) is 0 Å². The molecule has 1 aliphatic rings. The van der Waals surface area contributed by atoms with Crippen LogP contribution in [0.25, 0.3) is 0 Å². The average Bonchev–Trinajstić information content (AvgIpc) is 2.57. The lowest BCUT2D eigenvalue weighted by atomic mass is 9.95. The smallest absolute Gasteiger partial charge is 0.236 e. The molecule has 1 atom stereocenters. The van der Waals surface area contributed by atoms with Gasteiger partial charge in [0.1, 0.15) is 17.6 Å². The van der Waals surface area contributed by atoms with E-state index in [2.05, 4.69) is 5.32 Å². The third-order valence-electron chi connectivity index (χ3n) is 3.90. The zero-order valence-electron chi connectivity index (χ0n) is 14.2. The molecule has 136 valence electrons. The lowest BCUT2D eigenvalue weighted by Gasteiger charge is -2.34. The highest BCUT2D eigenvalue weighted by atomic mass is 35.5. The van der Waals surface area contributed by atoms with E-state index >= 15 is 0 Å². The van der Waals surface area contributed by atoms with Crippen molar-refractivity contribution >= 4 is 18.3 Å². The number of carbonyl (C=O) groups is 1. The van der Waals surface area contributed by atoms with Gasteiger partial charge in [0.2, 0.25) is 5.91 Å². The van der Waals surface area contributed by atoms with Crippen molar-refractivity contribution in [1.82, 2.24) is 10.2 Å². The topological polar surface area (TPSA) is 80.3 Å². The van der Waals surface area contributed by atoms with Gasteiger partial charge in [0, 0.05) is 31.3 Å². The Morgan fingerprint density at radius 1 is 1.29 bits per heavy atom. The SMILES string of the molecule is COCCNCC(=O)N1Cc2c(OC)ccc(OC)c2C(O)C1.Cl. The third-order valence-corrected chi connectivity index (χ3v) is 3.90. The van der Waals surface area contributed by atoms with Crippen LogP contribution in [0.3, 0.4) is 0 Å². The number of nitrogens with zero attached hydrogens (tertiary/aromatic N) is 1. The third kappa shape index (κ3) is 4.51. The van der Waals surface area contributed by atoms with Crippen molar-refractivity contribution in [2.45, 2.75) is 12.6 Å². The van der Waals surface area contributed by atoms with Gasteiger partial charge in [-0.3, -0.25) is 4.79 Å². The summed E-state index contributed by atoms with van der Waals surface area (Å²) < 4.78 is 15.6. The summed E-state index contributed by atoms with van der Waals surface area (Å²) in [4.78, 5) is 13.9. The second-order valence-electron chi connectivity index (χ2n) is 5.32. The minimum Gasteiger partial charge on any atom is -0.496 e. The summed E-state index contributed by atoms with van der Waals surface area (Å²) in [6.07, 6.45) is -0.799. The van der Waals surface area contributed by atoms with Crippen LogP contribution in [-0.2, 0) is 16.1 Å². The lowest BCUT2D eigenvalue weighted by Crippen LogP contribution is -2.43. The maximum Gasteiger partial charge on any atom is 0.236 e. The predicted octanol–water partition coefficient (Wildman–Crippen LogP) is 0.737. The number of aliphatic hydroxyl groups excluding tert-OH is 1. The number of nitrogens with one attached hydrogen (secondary N) is 1. The largest absolute Gasteiger partial charge is 0.496 e. The Morgan fingerprint density at radius 2 is 1.96 bits per heavy atom. The van der Waals surface area contributed by atoms with Crippen molar-refractivity contribution in [3.8, 4) is 11.5 Å². The molecule has 2 rings (SSSR count). The number of rotatable bonds is 7. The summed E-state index contributed by atoms with van der Waals surface area (Å²) in [5, 5.41) is 13.5. The average molecular weight is 361 g/mol. The number of ether oxygens (including phenoxy) is 3. The number of carbonyl (C=O) groups excluding carboxylic acids is 1. The van der Waals surface area contributed by atoms with Crippen molar-refractivity contribution in [3.05, 3.63) is 23.3 Å². The number of amides is 1. The molecule has 0 aliphatic carbocycles. The first-order chi connectivity index (χ1) is 11.1. The summed E-state index contributed by atoms with van der Waals surface area (Å²) in [6, 6.07) is 3.56. The van der Waals surface area contributed by atoms with E-state index < -0.39 is 6.10 Å². The zero-order chi connectivity index (χ0) is 16.8. The van der Waals surface area contributed by atoms with E-state index in [4.69, 9.17) is 14.2 Å². The molecule has 0 spiro atoms. The van der Waals surface area contributed by atoms with Crippen molar-refractivity contribution in [3.63, 3.8) is 0 Å². The molecule has 1 heterocycles. The first-order valence-corrected chi connectivity index (χ1v) is 7.51. The Hall–Kier alpha value is -1.54. The van der Waals surface area contributed by atoms with Crippen molar-refractivity contribution in [1.29, 1.82) is 0 Å². The molecule has 1 aromatic carbocycles. The van der Waals surface area contributed by atoms with Crippen LogP contribution in [0.4, 0.5) is 0 Å². The predicted molar refractivity (Wildman–Crippen MR) is 91.9 cm³/mol. The standard InChI is InChI=1S/C16H24N2O5.ClH/c1-21-7-6-17-8-15(20)18-9-11-13(22-2)4-5-14(23-3)16(11)12(19)10-18;/h4-5,12,17,19H,6-10H2,1-3H3;1H. The lowest BCUT2D eigenvalue weighted by molar-refractivity contribution is -0.133. The van der Waals surface area contributed by atoms with Gasteiger partial charge in [-0.25, -0.2) is 0 Å². The quantitative estimate of drug-likeness (QED) is 0.698. The highest BCUT2D eigenvalue weighted by Gasteiger charge is 2.31. The molecule has 1 unspecified atom stereocenters. The van der Waals surface area contributed by atoms with Gasteiger partial charge in [-0.15, -0.1) is 12.4 Å². The molecule has 0 bridgehead atoms. The fourth-order valence-electron chi connectivity index (χ4n) is 2.75. The van der Waals surface area contributed by atoms with Crippen molar-refractivity contribution in [2.24, 2.45) is 0 Å². The minimum absolute atomic E-state index is 0. The van der Waals surface area contributed by atoms with E-state index in [1.165, 1.54) is 0 Å². The first kappa shape index (κ1) is 20.5. The Balaban J connectivity index is 0.00000288. The van der Waals surface area contributed by atoms with Crippen LogP contribution >= 0.6 is 12.4 Å². The van der Waals surface area contributed by atoms with Gasteiger partial charge in [-0.1, -0.05) is 0 Å². The van der Waals surface area contributed by atoms with Crippen LogP contribution in [0, 0.1) is 0 Å². The molecule has 24 heavy (non-hydrogen) atoms. The van der Waals surface area contributed by atoms with Crippen LogP contribution in [0.2, 0.25) is 0 Å². The fourth-order valence-corrected chi connectivity index (χ4v) is 2.75. The molecule has 2 N–H and O–H groups in total. The summed E-state index contributed by atoms with van der Waals surface area (Å²) in [5.41, 5.74) is 1.49. The Kier molecular flexibility index (Phi) is 8.27. The van der Waals surface area contributed by atoms with E-state index in [0.717, 1.165) is 5.56 Å². The highest BCUT2D eigenvalue weighted by molar-refractivity contribution is 5.85. The normalized spacial score (nSPS) is 16.2. The van der Waals surface area contributed by atoms with Crippen LogP contribution < -0.4 is 14.8 Å². The minimum atomic E-state index is -0.799. The maximum atomic E-state index is 12.3. The molecule has 0 saturated carbocycles. The molecule has 7 nitrogen and oxygen atoms in total. The molecule has 8 heteroatoms. The summed E-state index contributed by atoms with van der Waals surface area (Å²) in [5.74, 6) is 1.18. The molecular formula is C16H25ClN2O5. The molecule has 1 aromatic rings. The maximum absolute atomic E-state index is 12.3. The first-order valence-electron chi connectivity index (χ1n) is 7.51. The number of hydrogen-bond acceptors (Lipinski definition) is 6. The fraction of sp³-hybridized carbons (Fsp3) is 0.562. The number of halogens is 1. The second-order valence-corrected chi connectivity index (χ2v) is 5.32. The van der Waals surface area contributed by atoms with Gasteiger partial charge in [0.15, 0.2) is 0 Å². The summed E-state index contributed by atoms with van der Waals surface area (Å²) >= 11 is 0. The molecular weight excluding hydrogens is 336 g/mol. The Labute approximate surface area is 148 Å². The van der Waals surface area contributed by atoms with E-state index in [0.29, 0.717) is 36.8 Å².